The first kappa shape index (κ1) is 16.1. The summed E-state index contributed by atoms with van der Waals surface area (Å²) >= 11 is 0. The number of carboxylic acid groups (broad SMARTS) is 1. The number of carboxylic acids is 1. The van der Waals surface area contributed by atoms with E-state index in [-0.39, 0.29) is 0 Å². The third-order valence-electron chi connectivity index (χ3n) is 4.02. The Hall–Kier alpha value is -2.29. The van der Waals surface area contributed by atoms with Gasteiger partial charge in [0.05, 0.1) is 0 Å². The lowest BCUT2D eigenvalue weighted by molar-refractivity contribution is -0.145. The molecular formula is C19H22O3. The van der Waals surface area contributed by atoms with Crippen LogP contribution >= 0.6 is 0 Å². The van der Waals surface area contributed by atoms with E-state index < -0.39 is 12.1 Å². The van der Waals surface area contributed by atoms with Gasteiger partial charge in [0, 0.05) is 6.42 Å². The Bertz CT molecular complexity index is 636. The molecule has 3 heteroatoms. The normalized spacial score (nSPS) is 12.0. The third-order valence-corrected chi connectivity index (χ3v) is 4.02. The second-order valence-electron chi connectivity index (χ2n) is 5.81. The summed E-state index contributed by atoms with van der Waals surface area (Å²) in [6, 6.07) is 11.6. The van der Waals surface area contributed by atoms with Gasteiger partial charge in [-0.1, -0.05) is 24.3 Å². The number of aryl methyl sites for hydroxylation is 4. The van der Waals surface area contributed by atoms with Crippen molar-refractivity contribution in [3.05, 3.63) is 64.2 Å². The Morgan fingerprint density at radius 3 is 2.09 bits per heavy atom. The van der Waals surface area contributed by atoms with Crippen molar-refractivity contribution in [1.29, 1.82) is 0 Å². The summed E-state index contributed by atoms with van der Waals surface area (Å²) in [6.45, 7) is 8.07. The molecule has 0 heterocycles. The molecule has 2 aromatic carbocycles. The summed E-state index contributed by atoms with van der Waals surface area (Å²) in [5.74, 6) is -0.351. The van der Waals surface area contributed by atoms with Gasteiger partial charge in [-0.3, -0.25) is 0 Å². The zero-order valence-corrected chi connectivity index (χ0v) is 13.5. The smallest absolute Gasteiger partial charge is 0.345 e. The highest BCUT2D eigenvalue weighted by Crippen LogP contribution is 2.20. The fourth-order valence-electron chi connectivity index (χ4n) is 2.28. The van der Waals surface area contributed by atoms with Gasteiger partial charge in [-0.25, -0.2) is 4.79 Å². The molecule has 1 N–H and O–H groups in total. The average Bonchev–Trinajstić information content (AvgIpc) is 2.46. The Kier molecular flexibility index (Phi) is 4.86. The molecule has 0 saturated carbocycles. The average molecular weight is 298 g/mol. The van der Waals surface area contributed by atoms with E-state index >= 15 is 0 Å². The number of carbonyl (C=O) groups is 1. The molecule has 0 unspecified atom stereocenters. The van der Waals surface area contributed by atoms with E-state index in [2.05, 4.69) is 0 Å². The molecule has 0 aliphatic carbocycles. The van der Waals surface area contributed by atoms with Crippen LogP contribution in [0.25, 0.3) is 0 Å². The summed E-state index contributed by atoms with van der Waals surface area (Å²) < 4.78 is 5.69. The second-order valence-corrected chi connectivity index (χ2v) is 5.81. The lowest BCUT2D eigenvalue weighted by Gasteiger charge is -2.16. The quantitative estimate of drug-likeness (QED) is 0.907. The van der Waals surface area contributed by atoms with Crippen LogP contribution in [0.1, 0.15) is 27.8 Å². The van der Waals surface area contributed by atoms with Crippen molar-refractivity contribution < 1.29 is 14.6 Å². The number of ether oxygens (including phenoxy) is 1. The van der Waals surface area contributed by atoms with Crippen molar-refractivity contribution in [2.24, 2.45) is 0 Å². The first-order chi connectivity index (χ1) is 10.4. The molecule has 2 aromatic rings. The second kappa shape index (κ2) is 6.65. The number of hydrogen-bond donors (Lipinski definition) is 1. The van der Waals surface area contributed by atoms with E-state index in [0.717, 1.165) is 22.3 Å². The topological polar surface area (TPSA) is 46.5 Å². The predicted molar refractivity (Wildman–Crippen MR) is 87.6 cm³/mol. The van der Waals surface area contributed by atoms with Crippen molar-refractivity contribution in [2.45, 2.75) is 40.2 Å². The van der Waals surface area contributed by atoms with Crippen LogP contribution in [0, 0.1) is 27.7 Å². The van der Waals surface area contributed by atoms with E-state index in [9.17, 15) is 9.90 Å². The van der Waals surface area contributed by atoms with Crippen LogP contribution in [0.2, 0.25) is 0 Å². The minimum Gasteiger partial charge on any atom is -0.478 e. The van der Waals surface area contributed by atoms with Crippen molar-refractivity contribution in [2.75, 3.05) is 0 Å². The SMILES string of the molecule is Cc1ccc(C[C@H](Oc2ccc(C)c(C)c2)C(=O)O)cc1C. The van der Waals surface area contributed by atoms with Gasteiger partial charge in [0.15, 0.2) is 6.10 Å². The predicted octanol–water partition coefficient (Wildman–Crippen LogP) is 3.99. The summed E-state index contributed by atoms with van der Waals surface area (Å²) in [5, 5.41) is 9.42. The highest BCUT2D eigenvalue weighted by molar-refractivity contribution is 5.73. The molecule has 2 rings (SSSR count). The van der Waals surface area contributed by atoms with Crippen LogP contribution in [-0.4, -0.2) is 17.2 Å². The number of rotatable bonds is 5. The van der Waals surface area contributed by atoms with E-state index in [0.29, 0.717) is 12.2 Å². The minimum atomic E-state index is -0.948. The van der Waals surface area contributed by atoms with E-state index in [4.69, 9.17) is 4.74 Å². The molecule has 116 valence electrons. The van der Waals surface area contributed by atoms with Gasteiger partial charge < -0.3 is 9.84 Å². The maximum absolute atomic E-state index is 11.5. The molecule has 0 aliphatic rings. The van der Waals surface area contributed by atoms with Crippen LogP contribution in [0.15, 0.2) is 36.4 Å². The summed E-state index contributed by atoms with van der Waals surface area (Å²) in [4.78, 5) is 11.5. The zero-order chi connectivity index (χ0) is 16.3. The molecule has 0 amide bonds. The molecule has 22 heavy (non-hydrogen) atoms. The zero-order valence-electron chi connectivity index (χ0n) is 13.5. The fourth-order valence-corrected chi connectivity index (χ4v) is 2.28. The molecule has 0 aromatic heterocycles. The van der Waals surface area contributed by atoms with Gasteiger partial charge in [0.1, 0.15) is 5.75 Å². The van der Waals surface area contributed by atoms with Gasteiger partial charge in [-0.15, -0.1) is 0 Å². The Morgan fingerprint density at radius 2 is 1.55 bits per heavy atom. The van der Waals surface area contributed by atoms with E-state index in [1.807, 2.05) is 64.1 Å². The van der Waals surface area contributed by atoms with Crippen molar-refractivity contribution in [3.63, 3.8) is 0 Å². The molecule has 0 spiro atoms. The van der Waals surface area contributed by atoms with Crippen LogP contribution in [0.3, 0.4) is 0 Å². The lowest BCUT2D eigenvalue weighted by Crippen LogP contribution is -2.29. The highest BCUT2D eigenvalue weighted by atomic mass is 16.5. The van der Waals surface area contributed by atoms with Crippen molar-refractivity contribution >= 4 is 5.97 Å². The van der Waals surface area contributed by atoms with E-state index in [1.54, 1.807) is 0 Å². The van der Waals surface area contributed by atoms with Gasteiger partial charge in [-0.2, -0.15) is 0 Å². The molecular weight excluding hydrogens is 276 g/mol. The Balaban J connectivity index is 2.17. The van der Waals surface area contributed by atoms with Crippen LogP contribution in [0.5, 0.6) is 5.75 Å². The lowest BCUT2D eigenvalue weighted by atomic mass is 10.0. The molecule has 0 radical (unpaired) electrons. The minimum absolute atomic E-state index is 0.351. The number of benzene rings is 2. The summed E-state index contributed by atoms with van der Waals surface area (Å²) in [5.41, 5.74) is 5.58. The van der Waals surface area contributed by atoms with Crippen molar-refractivity contribution in [3.8, 4) is 5.75 Å². The maximum atomic E-state index is 11.5. The van der Waals surface area contributed by atoms with Gasteiger partial charge >= 0.3 is 5.97 Å². The van der Waals surface area contributed by atoms with Gasteiger partial charge in [0.2, 0.25) is 0 Å². The van der Waals surface area contributed by atoms with Gasteiger partial charge in [0.25, 0.3) is 0 Å². The monoisotopic (exact) mass is 298 g/mol. The van der Waals surface area contributed by atoms with Crippen LogP contribution < -0.4 is 4.74 Å². The summed E-state index contributed by atoms with van der Waals surface area (Å²) in [7, 11) is 0. The molecule has 0 aliphatic heterocycles. The Labute approximate surface area is 131 Å². The van der Waals surface area contributed by atoms with Crippen LogP contribution in [-0.2, 0) is 11.2 Å². The van der Waals surface area contributed by atoms with Crippen LogP contribution in [0.4, 0.5) is 0 Å². The first-order valence-electron chi connectivity index (χ1n) is 7.39. The third kappa shape index (κ3) is 3.88. The molecule has 0 fully saturated rings. The fraction of sp³-hybridized carbons (Fsp3) is 0.316. The maximum Gasteiger partial charge on any atom is 0.345 e. The summed E-state index contributed by atoms with van der Waals surface area (Å²) in [6.07, 6.45) is -0.534. The number of aliphatic carboxylic acids is 1. The number of hydrogen-bond acceptors (Lipinski definition) is 2. The molecule has 3 nitrogen and oxygen atoms in total. The Morgan fingerprint density at radius 1 is 0.955 bits per heavy atom. The highest BCUT2D eigenvalue weighted by Gasteiger charge is 2.20. The standard InChI is InChI=1S/C19H22O3/c1-12-5-7-16(9-14(12)3)11-18(19(20)21)22-17-8-6-13(2)15(4)10-17/h5-10,18H,11H2,1-4H3,(H,20,21)/t18-/m0/s1. The first-order valence-corrected chi connectivity index (χ1v) is 7.39. The van der Waals surface area contributed by atoms with Crippen molar-refractivity contribution in [1.82, 2.24) is 0 Å². The van der Waals surface area contributed by atoms with E-state index in [1.165, 1.54) is 5.56 Å². The van der Waals surface area contributed by atoms with Gasteiger partial charge in [-0.05, 0) is 67.6 Å². The molecule has 0 bridgehead atoms. The molecule has 1 atom stereocenters. The molecule has 0 saturated heterocycles. The largest absolute Gasteiger partial charge is 0.478 e.